The molecule has 0 bridgehead atoms. The van der Waals surface area contributed by atoms with Crippen LogP contribution >= 0.6 is 0 Å². The van der Waals surface area contributed by atoms with Crippen molar-refractivity contribution in [3.63, 3.8) is 0 Å². The molecular formula is C10H12FNO2. The van der Waals surface area contributed by atoms with E-state index >= 15 is 0 Å². The van der Waals surface area contributed by atoms with Crippen LogP contribution in [0.3, 0.4) is 0 Å². The number of rotatable bonds is 3. The first-order chi connectivity index (χ1) is 6.65. The molecule has 0 aliphatic heterocycles. The van der Waals surface area contributed by atoms with E-state index in [2.05, 4.69) is 4.98 Å². The molecule has 0 aromatic carbocycles. The van der Waals surface area contributed by atoms with Gasteiger partial charge in [0.15, 0.2) is 0 Å². The van der Waals surface area contributed by atoms with Gasteiger partial charge in [-0.3, -0.25) is 4.98 Å². The second-order valence-corrected chi connectivity index (χ2v) is 2.81. The predicted octanol–water partition coefficient (Wildman–Crippen LogP) is 2.29. The van der Waals surface area contributed by atoms with Gasteiger partial charge in [-0.25, -0.2) is 9.18 Å². The van der Waals surface area contributed by atoms with Crippen molar-refractivity contribution in [1.82, 2.24) is 4.98 Å². The number of hydrogen-bond donors (Lipinski definition) is 0. The number of halogens is 1. The highest BCUT2D eigenvalue weighted by atomic mass is 19.1. The van der Waals surface area contributed by atoms with Crippen molar-refractivity contribution in [2.75, 3.05) is 6.61 Å². The van der Waals surface area contributed by atoms with Gasteiger partial charge in [0.05, 0.1) is 17.9 Å². The Balaban J connectivity index is 2.88. The van der Waals surface area contributed by atoms with Crippen molar-refractivity contribution < 1.29 is 13.9 Å². The van der Waals surface area contributed by atoms with E-state index in [4.69, 9.17) is 4.74 Å². The lowest BCUT2D eigenvalue weighted by Gasteiger charge is -2.04. The third kappa shape index (κ3) is 2.52. The first-order valence-corrected chi connectivity index (χ1v) is 4.42. The van der Waals surface area contributed by atoms with Gasteiger partial charge in [-0.15, -0.1) is 0 Å². The second kappa shape index (κ2) is 4.69. The minimum Gasteiger partial charge on any atom is -0.462 e. The van der Waals surface area contributed by atoms with E-state index in [1.807, 2.05) is 0 Å². The predicted molar refractivity (Wildman–Crippen MR) is 49.7 cm³/mol. The molecule has 0 saturated heterocycles. The Hall–Kier alpha value is -1.45. The van der Waals surface area contributed by atoms with Crippen molar-refractivity contribution in [3.8, 4) is 0 Å². The molecule has 3 nitrogen and oxygen atoms in total. The largest absolute Gasteiger partial charge is 0.462 e. The standard InChI is InChI=1S/C10H12FNO2/c1-3-14-10(13)8-4-5-12-9(6-8)7(2)11/h4-7H,3H2,1-2H3. The molecule has 1 heterocycles. The number of pyridine rings is 1. The van der Waals surface area contributed by atoms with Crippen LogP contribution in [0, 0.1) is 0 Å². The van der Waals surface area contributed by atoms with Crippen molar-refractivity contribution in [2.24, 2.45) is 0 Å². The molecule has 0 fully saturated rings. The highest BCUT2D eigenvalue weighted by Crippen LogP contribution is 2.14. The normalized spacial score (nSPS) is 12.2. The summed E-state index contributed by atoms with van der Waals surface area (Å²) >= 11 is 0. The highest BCUT2D eigenvalue weighted by Gasteiger charge is 2.10. The summed E-state index contributed by atoms with van der Waals surface area (Å²) in [5, 5.41) is 0. The Morgan fingerprint density at radius 3 is 3.00 bits per heavy atom. The van der Waals surface area contributed by atoms with E-state index < -0.39 is 12.1 Å². The molecule has 1 unspecified atom stereocenters. The zero-order valence-corrected chi connectivity index (χ0v) is 8.16. The summed E-state index contributed by atoms with van der Waals surface area (Å²) in [6, 6.07) is 2.91. The molecule has 0 radical (unpaired) electrons. The number of carbonyl (C=O) groups is 1. The topological polar surface area (TPSA) is 39.2 Å². The average Bonchev–Trinajstić information content (AvgIpc) is 2.18. The van der Waals surface area contributed by atoms with Crippen LogP contribution in [0.5, 0.6) is 0 Å². The molecule has 1 atom stereocenters. The molecule has 14 heavy (non-hydrogen) atoms. The molecule has 4 heteroatoms. The van der Waals surface area contributed by atoms with Crippen LogP contribution in [-0.2, 0) is 4.74 Å². The van der Waals surface area contributed by atoms with Gasteiger partial charge in [-0.1, -0.05) is 0 Å². The van der Waals surface area contributed by atoms with Gasteiger partial charge in [0, 0.05) is 6.20 Å². The lowest BCUT2D eigenvalue weighted by Crippen LogP contribution is -2.06. The lowest BCUT2D eigenvalue weighted by molar-refractivity contribution is 0.0526. The molecule has 0 saturated carbocycles. The smallest absolute Gasteiger partial charge is 0.338 e. The number of alkyl halides is 1. The van der Waals surface area contributed by atoms with E-state index in [1.165, 1.54) is 25.3 Å². The van der Waals surface area contributed by atoms with Crippen LogP contribution in [-0.4, -0.2) is 17.6 Å². The third-order valence-electron chi connectivity index (χ3n) is 1.70. The lowest BCUT2D eigenvalue weighted by atomic mass is 10.2. The van der Waals surface area contributed by atoms with E-state index in [-0.39, 0.29) is 5.69 Å². The van der Waals surface area contributed by atoms with Crippen LogP contribution in [0.4, 0.5) is 4.39 Å². The van der Waals surface area contributed by atoms with Crippen LogP contribution in [0.25, 0.3) is 0 Å². The van der Waals surface area contributed by atoms with E-state index in [0.717, 1.165) is 0 Å². The van der Waals surface area contributed by atoms with Gasteiger partial charge in [-0.05, 0) is 26.0 Å². The second-order valence-electron chi connectivity index (χ2n) is 2.81. The number of carbonyl (C=O) groups excluding carboxylic acids is 1. The summed E-state index contributed by atoms with van der Waals surface area (Å²) in [5.74, 6) is -0.447. The molecule has 0 spiro atoms. The van der Waals surface area contributed by atoms with Crippen LogP contribution in [0.1, 0.15) is 36.1 Å². The summed E-state index contributed by atoms with van der Waals surface area (Å²) in [4.78, 5) is 15.0. The summed E-state index contributed by atoms with van der Waals surface area (Å²) < 4.78 is 17.6. The first kappa shape index (κ1) is 10.6. The number of hydrogen-bond acceptors (Lipinski definition) is 3. The summed E-state index contributed by atoms with van der Waals surface area (Å²) in [7, 11) is 0. The number of esters is 1. The molecule has 0 amide bonds. The van der Waals surface area contributed by atoms with Gasteiger partial charge >= 0.3 is 5.97 Å². The maximum atomic E-state index is 12.8. The van der Waals surface area contributed by atoms with Crippen molar-refractivity contribution in [1.29, 1.82) is 0 Å². The molecular weight excluding hydrogens is 185 g/mol. The zero-order valence-electron chi connectivity index (χ0n) is 8.16. The Labute approximate surface area is 81.9 Å². The number of aromatic nitrogens is 1. The van der Waals surface area contributed by atoms with Crippen LogP contribution in [0.2, 0.25) is 0 Å². The Morgan fingerprint density at radius 1 is 1.71 bits per heavy atom. The van der Waals surface area contributed by atoms with E-state index in [9.17, 15) is 9.18 Å². The summed E-state index contributed by atoms with van der Waals surface area (Å²) in [6.45, 7) is 3.40. The highest BCUT2D eigenvalue weighted by molar-refractivity contribution is 5.89. The van der Waals surface area contributed by atoms with Gasteiger partial charge in [-0.2, -0.15) is 0 Å². The Kier molecular flexibility index (Phi) is 3.56. The zero-order chi connectivity index (χ0) is 10.6. The third-order valence-corrected chi connectivity index (χ3v) is 1.70. The quantitative estimate of drug-likeness (QED) is 0.698. The van der Waals surface area contributed by atoms with E-state index in [1.54, 1.807) is 6.92 Å². The number of ether oxygens (including phenoxy) is 1. The molecule has 1 aromatic rings. The van der Waals surface area contributed by atoms with E-state index in [0.29, 0.717) is 12.2 Å². The van der Waals surface area contributed by atoms with Gasteiger partial charge in [0.25, 0.3) is 0 Å². The fourth-order valence-corrected chi connectivity index (χ4v) is 1.01. The average molecular weight is 197 g/mol. The first-order valence-electron chi connectivity index (χ1n) is 4.42. The fourth-order valence-electron chi connectivity index (χ4n) is 1.01. The SMILES string of the molecule is CCOC(=O)c1ccnc(C(C)F)c1. The minimum atomic E-state index is -1.18. The molecule has 1 rings (SSSR count). The Morgan fingerprint density at radius 2 is 2.43 bits per heavy atom. The van der Waals surface area contributed by atoms with Gasteiger partial charge in [0.1, 0.15) is 6.17 Å². The molecule has 1 aromatic heterocycles. The number of nitrogens with zero attached hydrogens (tertiary/aromatic N) is 1. The molecule has 0 aliphatic carbocycles. The van der Waals surface area contributed by atoms with Crippen LogP contribution < -0.4 is 0 Å². The van der Waals surface area contributed by atoms with Crippen molar-refractivity contribution in [3.05, 3.63) is 29.6 Å². The maximum Gasteiger partial charge on any atom is 0.338 e. The summed E-state index contributed by atoms with van der Waals surface area (Å²) in [5.41, 5.74) is 0.580. The van der Waals surface area contributed by atoms with Crippen LogP contribution in [0.15, 0.2) is 18.3 Å². The summed E-state index contributed by atoms with van der Waals surface area (Å²) in [6.07, 6.45) is 0.224. The molecule has 0 N–H and O–H groups in total. The molecule has 0 aliphatic rings. The van der Waals surface area contributed by atoms with Crippen molar-refractivity contribution in [2.45, 2.75) is 20.0 Å². The molecule has 76 valence electrons. The Bertz CT molecular complexity index is 326. The van der Waals surface area contributed by atoms with Gasteiger partial charge < -0.3 is 4.74 Å². The van der Waals surface area contributed by atoms with Crippen molar-refractivity contribution >= 4 is 5.97 Å². The fraction of sp³-hybridized carbons (Fsp3) is 0.400. The maximum absolute atomic E-state index is 12.8. The monoisotopic (exact) mass is 197 g/mol. The van der Waals surface area contributed by atoms with Gasteiger partial charge in [0.2, 0.25) is 0 Å². The minimum absolute atomic E-state index is 0.246.